The maximum Gasteiger partial charge on any atom is 0.0704 e. The zero-order valence-corrected chi connectivity index (χ0v) is 10.0. The van der Waals surface area contributed by atoms with Crippen molar-refractivity contribution < 1.29 is 9.47 Å². The number of hydrogen-bond acceptors (Lipinski definition) is 3. The molecule has 0 bridgehead atoms. The topological polar surface area (TPSA) is 30.5 Å². The second-order valence-corrected chi connectivity index (χ2v) is 3.96. The summed E-state index contributed by atoms with van der Waals surface area (Å²) in [5.74, 6) is 0.606. The van der Waals surface area contributed by atoms with Crippen molar-refractivity contribution in [2.45, 2.75) is 33.8 Å². The Kier molecular flexibility index (Phi) is 9.35. The second-order valence-electron chi connectivity index (χ2n) is 3.96. The first-order chi connectivity index (χ1) is 6.66. The van der Waals surface area contributed by atoms with E-state index in [1.807, 2.05) is 0 Å². The third-order valence-electron chi connectivity index (χ3n) is 1.76. The Morgan fingerprint density at radius 3 is 2.43 bits per heavy atom. The Bertz CT molecular complexity index is 118. The summed E-state index contributed by atoms with van der Waals surface area (Å²) in [6.07, 6.45) is 0.276. The van der Waals surface area contributed by atoms with Crippen LogP contribution in [0.25, 0.3) is 0 Å². The summed E-state index contributed by atoms with van der Waals surface area (Å²) < 4.78 is 10.9. The first-order valence-electron chi connectivity index (χ1n) is 5.56. The number of hydrogen-bond donors (Lipinski definition) is 1. The van der Waals surface area contributed by atoms with E-state index in [1.165, 1.54) is 0 Å². The van der Waals surface area contributed by atoms with E-state index in [4.69, 9.17) is 9.47 Å². The van der Waals surface area contributed by atoms with Crippen LogP contribution in [0.2, 0.25) is 0 Å². The molecular formula is C11H25NO2. The predicted molar refractivity (Wildman–Crippen MR) is 59.6 cm³/mol. The van der Waals surface area contributed by atoms with Gasteiger partial charge in [0.25, 0.3) is 0 Å². The average Bonchev–Trinajstić information content (AvgIpc) is 2.13. The maximum absolute atomic E-state index is 5.54. The van der Waals surface area contributed by atoms with Crippen molar-refractivity contribution in [1.82, 2.24) is 5.32 Å². The highest BCUT2D eigenvalue weighted by molar-refractivity contribution is 4.53. The van der Waals surface area contributed by atoms with Crippen LogP contribution in [0.3, 0.4) is 0 Å². The minimum atomic E-state index is 0.276. The SMILES string of the molecule is CCNCC(C)OCCOCC(C)C. The minimum Gasteiger partial charge on any atom is -0.379 e. The molecule has 0 aliphatic rings. The van der Waals surface area contributed by atoms with Crippen LogP contribution in [0.4, 0.5) is 0 Å². The highest BCUT2D eigenvalue weighted by Gasteiger charge is 2.00. The molecule has 0 aliphatic heterocycles. The number of rotatable bonds is 9. The summed E-state index contributed by atoms with van der Waals surface area (Å²) >= 11 is 0. The normalized spacial score (nSPS) is 13.5. The summed E-state index contributed by atoms with van der Waals surface area (Å²) in [6, 6.07) is 0. The van der Waals surface area contributed by atoms with Crippen LogP contribution in [-0.4, -0.2) is 39.0 Å². The monoisotopic (exact) mass is 203 g/mol. The summed E-state index contributed by atoms with van der Waals surface area (Å²) in [4.78, 5) is 0. The average molecular weight is 203 g/mol. The molecule has 1 unspecified atom stereocenters. The molecule has 0 aromatic rings. The van der Waals surface area contributed by atoms with Gasteiger partial charge in [-0.05, 0) is 19.4 Å². The van der Waals surface area contributed by atoms with Crippen molar-refractivity contribution in [2.75, 3.05) is 32.9 Å². The van der Waals surface area contributed by atoms with E-state index in [0.29, 0.717) is 19.1 Å². The van der Waals surface area contributed by atoms with E-state index >= 15 is 0 Å². The highest BCUT2D eigenvalue weighted by Crippen LogP contribution is 1.93. The molecule has 1 N–H and O–H groups in total. The number of nitrogens with one attached hydrogen (secondary N) is 1. The Hall–Kier alpha value is -0.120. The second kappa shape index (κ2) is 9.44. The molecule has 0 rings (SSSR count). The van der Waals surface area contributed by atoms with Gasteiger partial charge in [-0.3, -0.25) is 0 Å². The Morgan fingerprint density at radius 1 is 1.14 bits per heavy atom. The van der Waals surface area contributed by atoms with Gasteiger partial charge in [0.1, 0.15) is 0 Å². The molecule has 3 nitrogen and oxygen atoms in total. The molecule has 0 fully saturated rings. The number of ether oxygens (including phenoxy) is 2. The lowest BCUT2D eigenvalue weighted by Gasteiger charge is -2.13. The first-order valence-corrected chi connectivity index (χ1v) is 5.56. The zero-order chi connectivity index (χ0) is 10.8. The van der Waals surface area contributed by atoms with Gasteiger partial charge in [-0.15, -0.1) is 0 Å². The van der Waals surface area contributed by atoms with E-state index in [0.717, 1.165) is 19.7 Å². The van der Waals surface area contributed by atoms with Crippen LogP contribution in [0.1, 0.15) is 27.7 Å². The van der Waals surface area contributed by atoms with Gasteiger partial charge in [0.05, 0.1) is 19.3 Å². The molecule has 0 saturated carbocycles. The number of likely N-dealkylation sites (N-methyl/N-ethyl adjacent to an activating group) is 1. The van der Waals surface area contributed by atoms with Gasteiger partial charge in [0.2, 0.25) is 0 Å². The highest BCUT2D eigenvalue weighted by atomic mass is 16.5. The first kappa shape index (κ1) is 13.9. The van der Waals surface area contributed by atoms with Crippen LogP contribution in [0.15, 0.2) is 0 Å². The molecule has 0 radical (unpaired) electrons. The van der Waals surface area contributed by atoms with Gasteiger partial charge >= 0.3 is 0 Å². The van der Waals surface area contributed by atoms with Crippen LogP contribution in [-0.2, 0) is 9.47 Å². The van der Waals surface area contributed by atoms with E-state index in [9.17, 15) is 0 Å². The summed E-state index contributed by atoms with van der Waals surface area (Å²) in [7, 11) is 0. The van der Waals surface area contributed by atoms with Crippen LogP contribution < -0.4 is 5.32 Å². The van der Waals surface area contributed by atoms with Crippen LogP contribution >= 0.6 is 0 Å². The van der Waals surface area contributed by atoms with Gasteiger partial charge in [-0.2, -0.15) is 0 Å². The molecule has 0 spiro atoms. The third-order valence-corrected chi connectivity index (χ3v) is 1.76. The maximum atomic E-state index is 5.54. The smallest absolute Gasteiger partial charge is 0.0704 e. The van der Waals surface area contributed by atoms with E-state index in [1.54, 1.807) is 0 Å². The van der Waals surface area contributed by atoms with E-state index in [2.05, 4.69) is 33.0 Å². The molecule has 14 heavy (non-hydrogen) atoms. The van der Waals surface area contributed by atoms with Crippen molar-refractivity contribution in [3.05, 3.63) is 0 Å². The molecule has 0 aromatic carbocycles. The van der Waals surface area contributed by atoms with Crippen molar-refractivity contribution in [2.24, 2.45) is 5.92 Å². The molecule has 0 aliphatic carbocycles. The Morgan fingerprint density at radius 2 is 1.86 bits per heavy atom. The molecule has 1 atom stereocenters. The fourth-order valence-electron chi connectivity index (χ4n) is 1.03. The van der Waals surface area contributed by atoms with Crippen LogP contribution in [0, 0.1) is 5.92 Å². The molecule has 86 valence electrons. The lowest BCUT2D eigenvalue weighted by molar-refractivity contribution is 0.00690. The largest absolute Gasteiger partial charge is 0.379 e. The fraction of sp³-hybridized carbons (Fsp3) is 1.00. The molecule has 0 amide bonds. The molecule has 0 aromatic heterocycles. The van der Waals surface area contributed by atoms with Gasteiger partial charge in [0, 0.05) is 13.2 Å². The summed E-state index contributed by atoms with van der Waals surface area (Å²) in [6.45, 7) is 12.6. The van der Waals surface area contributed by atoms with Gasteiger partial charge in [0.15, 0.2) is 0 Å². The van der Waals surface area contributed by atoms with Crippen molar-refractivity contribution >= 4 is 0 Å². The van der Waals surface area contributed by atoms with Gasteiger partial charge in [-0.1, -0.05) is 20.8 Å². The molecular weight excluding hydrogens is 178 g/mol. The van der Waals surface area contributed by atoms with Gasteiger partial charge < -0.3 is 14.8 Å². The van der Waals surface area contributed by atoms with Crippen LogP contribution in [0.5, 0.6) is 0 Å². The molecule has 0 saturated heterocycles. The Balaban J connectivity index is 3.10. The molecule has 0 heterocycles. The molecule has 3 heteroatoms. The lowest BCUT2D eigenvalue weighted by atomic mass is 10.2. The standard InChI is InChI=1S/C11H25NO2/c1-5-12-8-11(4)14-7-6-13-9-10(2)3/h10-12H,5-9H2,1-4H3. The van der Waals surface area contributed by atoms with Crippen molar-refractivity contribution in [3.63, 3.8) is 0 Å². The fourth-order valence-corrected chi connectivity index (χ4v) is 1.03. The Labute approximate surface area is 88.2 Å². The summed E-state index contributed by atoms with van der Waals surface area (Å²) in [5.41, 5.74) is 0. The zero-order valence-electron chi connectivity index (χ0n) is 10.0. The third kappa shape index (κ3) is 9.96. The summed E-state index contributed by atoms with van der Waals surface area (Å²) in [5, 5.41) is 3.24. The van der Waals surface area contributed by atoms with Crippen molar-refractivity contribution in [3.8, 4) is 0 Å². The predicted octanol–water partition coefficient (Wildman–Crippen LogP) is 1.67. The van der Waals surface area contributed by atoms with E-state index in [-0.39, 0.29) is 6.10 Å². The van der Waals surface area contributed by atoms with Crippen molar-refractivity contribution in [1.29, 1.82) is 0 Å². The van der Waals surface area contributed by atoms with E-state index < -0.39 is 0 Å². The van der Waals surface area contributed by atoms with Gasteiger partial charge in [-0.25, -0.2) is 0 Å². The quantitative estimate of drug-likeness (QED) is 0.578. The minimum absolute atomic E-state index is 0.276. The lowest BCUT2D eigenvalue weighted by Crippen LogP contribution is -2.27.